The van der Waals surface area contributed by atoms with Gasteiger partial charge in [0.2, 0.25) is 0 Å². The molecule has 1 amide bonds. The molecule has 138 valence electrons. The summed E-state index contributed by atoms with van der Waals surface area (Å²) in [5, 5.41) is 9.69. The van der Waals surface area contributed by atoms with Crippen LogP contribution >= 0.6 is 24.0 Å². The lowest BCUT2D eigenvalue weighted by Gasteiger charge is -2.17. The van der Waals surface area contributed by atoms with E-state index in [4.69, 9.17) is 0 Å². The van der Waals surface area contributed by atoms with Gasteiger partial charge in [0.15, 0.2) is 5.96 Å². The number of amides is 1. The van der Waals surface area contributed by atoms with Crippen molar-refractivity contribution in [2.24, 2.45) is 4.99 Å². The van der Waals surface area contributed by atoms with Crippen molar-refractivity contribution in [3.05, 3.63) is 47.5 Å². The lowest BCUT2D eigenvalue weighted by Crippen LogP contribution is -2.42. The van der Waals surface area contributed by atoms with Gasteiger partial charge in [0.1, 0.15) is 0 Å². The second-order valence-corrected chi connectivity index (χ2v) is 6.19. The van der Waals surface area contributed by atoms with Gasteiger partial charge in [-0.3, -0.25) is 9.79 Å². The van der Waals surface area contributed by atoms with Gasteiger partial charge in [-0.25, -0.2) is 0 Å². The number of carbonyl (C=O) groups excluding carboxylic acids is 1. The highest BCUT2D eigenvalue weighted by atomic mass is 127. The minimum Gasteiger partial charge on any atom is -0.353 e. The molecule has 0 bridgehead atoms. The Kier molecular flexibility index (Phi) is 9.55. The first-order valence-corrected chi connectivity index (χ1v) is 8.64. The molecular formula is C19H29IN4O. The number of hydrogen-bond acceptors (Lipinski definition) is 2. The lowest BCUT2D eigenvalue weighted by molar-refractivity contribution is 0.0939. The molecule has 1 atom stereocenters. The van der Waals surface area contributed by atoms with Crippen LogP contribution in [-0.4, -0.2) is 31.0 Å². The molecule has 0 saturated heterocycles. The average molecular weight is 456 g/mol. The fraction of sp³-hybridized carbons (Fsp3) is 0.474. The van der Waals surface area contributed by atoms with E-state index in [2.05, 4.69) is 40.0 Å². The van der Waals surface area contributed by atoms with Gasteiger partial charge in [-0.1, -0.05) is 31.2 Å². The molecule has 0 aliphatic heterocycles. The maximum Gasteiger partial charge on any atom is 0.251 e. The SMILES string of the molecule is CCC(C)NC(=O)c1ccc(CNC(=NC)NC2CC=CC2)cc1.I. The summed E-state index contributed by atoms with van der Waals surface area (Å²) < 4.78 is 0. The second-order valence-electron chi connectivity index (χ2n) is 6.19. The molecule has 1 aliphatic rings. The Hall–Kier alpha value is -1.57. The van der Waals surface area contributed by atoms with Gasteiger partial charge < -0.3 is 16.0 Å². The molecule has 3 N–H and O–H groups in total. The van der Waals surface area contributed by atoms with Crippen LogP contribution in [0.1, 0.15) is 49.0 Å². The number of guanidine groups is 1. The first-order valence-electron chi connectivity index (χ1n) is 8.64. The summed E-state index contributed by atoms with van der Waals surface area (Å²) in [7, 11) is 1.78. The monoisotopic (exact) mass is 456 g/mol. The minimum atomic E-state index is -0.0185. The molecule has 1 aromatic carbocycles. The van der Waals surface area contributed by atoms with Crippen molar-refractivity contribution in [3.63, 3.8) is 0 Å². The fourth-order valence-electron chi connectivity index (χ4n) is 2.49. The number of rotatable bonds is 6. The summed E-state index contributed by atoms with van der Waals surface area (Å²) in [4.78, 5) is 16.3. The van der Waals surface area contributed by atoms with Crippen molar-refractivity contribution >= 4 is 35.8 Å². The Morgan fingerprint density at radius 2 is 1.88 bits per heavy atom. The minimum absolute atomic E-state index is 0. The van der Waals surface area contributed by atoms with Crippen LogP contribution in [0.5, 0.6) is 0 Å². The van der Waals surface area contributed by atoms with Crippen LogP contribution in [0, 0.1) is 0 Å². The molecule has 0 saturated carbocycles. The Labute approximate surface area is 167 Å². The van der Waals surface area contributed by atoms with Crippen LogP contribution in [-0.2, 0) is 6.54 Å². The Morgan fingerprint density at radius 1 is 1.24 bits per heavy atom. The summed E-state index contributed by atoms with van der Waals surface area (Å²) in [6.07, 6.45) is 7.39. The van der Waals surface area contributed by atoms with Crippen molar-refractivity contribution in [1.82, 2.24) is 16.0 Å². The summed E-state index contributed by atoms with van der Waals surface area (Å²) >= 11 is 0. The number of nitrogens with one attached hydrogen (secondary N) is 3. The normalized spacial score (nSPS) is 15.4. The van der Waals surface area contributed by atoms with Crippen LogP contribution < -0.4 is 16.0 Å². The fourth-order valence-corrected chi connectivity index (χ4v) is 2.49. The molecular weight excluding hydrogens is 427 g/mol. The maximum absolute atomic E-state index is 12.1. The summed E-state index contributed by atoms with van der Waals surface area (Å²) in [6, 6.07) is 8.31. The van der Waals surface area contributed by atoms with E-state index in [-0.39, 0.29) is 35.9 Å². The lowest BCUT2D eigenvalue weighted by atomic mass is 10.1. The van der Waals surface area contributed by atoms with Gasteiger partial charge in [0.25, 0.3) is 5.91 Å². The maximum atomic E-state index is 12.1. The van der Waals surface area contributed by atoms with E-state index in [1.54, 1.807) is 7.05 Å². The van der Waals surface area contributed by atoms with Crippen molar-refractivity contribution in [2.45, 2.75) is 51.7 Å². The Bertz CT molecular complexity index is 590. The third kappa shape index (κ3) is 7.05. The molecule has 6 heteroatoms. The summed E-state index contributed by atoms with van der Waals surface area (Å²) in [6.45, 7) is 4.74. The molecule has 1 aromatic rings. The summed E-state index contributed by atoms with van der Waals surface area (Å²) in [5.41, 5.74) is 1.81. The van der Waals surface area contributed by atoms with Gasteiger partial charge in [0, 0.05) is 31.2 Å². The Balaban J connectivity index is 0.00000312. The zero-order chi connectivity index (χ0) is 17.4. The smallest absolute Gasteiger partial charge is 0.251 e. The van der Waals surface area contributed by atoms with Crippen molar-refractivity contribution in [1.29, 1.82) is 0 Å². The number of halogens is 1. The summed E-state index contributed by atoms with van der Waals surface area (Å²) in [5.74, 6) is 0.789. The van der Waals surface area contributed by atoms with E-state index in [1.165, 1.54) is 0 Å². The van der Waals surface area contributed by atoms with E-state index >= 15 is 0 Å². The third-order valence-corrected chi connectivity index (χ3v) is 4.24. The average Bonchev–Trinajstić information content (AvgIpc) is 3.11. The van der Waals surface area contributed by atoms with Crippen LogP contribution in [0.15, 0.2) is 41.4 Å². The first kappa shape index (κ1) is 21.5. The highest BCUT2D eigenvalue weighted by molar-refractivity contribution is 14.0. The molecule has 0 heterocycles. The van der Waals surface area contributed by atoms with Gasteiger partial charge in [-0.05, 0) is 43.9 Å². The molecule has 5 nitrogen and oxygen atoms in total. The predicted molar refractivity (Wildman–Crippen MR) is 115 cm³/mol. The zero-order valence-corrected chi connectivity index (χ0v) is 17.5. The van der Waals surface area contributed by atoms with Gasteiger partial charge in [0.05, 0.1) is 0 Å². The van der Waals surface area contributed by atoms with Crippen LogP contribution in [0.3, 0.4) is 0 Å². The predicted octanol–water partition coefficient (Wildman–Crippen LogP) is 3.22. The highest BCUT2D eigenvalue weighted by Crippen LogP contribution is 2.09. The molecule has 2 rings (SSSR count). The van der Waals surface area contributed by atoms with Gasteiger partial charge in [-0.15, -0.1) is 24.0 Å². The number of nitrogens with zero attached hydrogens (tertiary/aromatic N) is 1. The molecule has 0 fully saturated rings. The van der Waals surface area contributed by atoms with E-state index in [0.29, 0.717) is 18.2 Å². The van der Waals surface area contributed by atoms with E-state index in [9.17, 15) is 4.79 Å². The topological polar surface area (TPSA) is 65.5 Å². The van der Waals surface area contributed by atoms with Gasteiger partial charge in [-0.2, -0.15) is 0 Å². The molecule has 1 unspecified atom stereocenters. The van der Waals surface area contributed by atoms with Crippen LogP contribution in [0.4, 0.5) is 0 Å². The zero-order valence-electron chi connectivity index (χ0n) is 15.2. The van der Waals surface area contributed by atoms with Crippen molar-refractivity contribution in [2.75, 3.05) is 7.05 Å². The van der Waals surface area contributed by atoms with Gasteiger partial charge >= 0.3 is 0 Å². The van der Waals surface area contributed by atoms with E-state index < -0.39 is 0 Å². The third-order valence-electron chi connectivity index (χ3n) is 4.24. The number of aliphatic imine (C=N–C) groups is 1. The molecule has 1 aliphatic carbocycles. The molecule has 0 radical (unpaired) electrons. The van der Waals surface area contributed by atoms with Crippen LogP contribution in [0.25, 0.3) is 0 Å². The van der Waals surface area contributed by atoms with E-state index in [0.717, 1.165) is 30.8 Å². The highest BCUT2D eigenvalue weighted by Gasteiger charge is 2.12. The molecule has 0 spiro atoms. The second kappa shape index (κ2) is 11.1. The first-order chi connectivity index (χ1) is 11.6. The number of carbonyl (C=O) groups is 1. The number of benzene rings is 1. The Morgan fingerprint density at radius 3 is 2.44 bits per heavy atom. The molecule has 0 aromatic heterocycles. The van der Waals surface area contributed by atoms with E-state index in [1.807, 2.05) is 31.2 Å². The van der Waals surface area contributed by atoms with Crippen molar-refractivity contribution in [3.8, 4) is 0 Å². The largest absolute Gasteiger partial charge is 0.353 e. The van der Waals surface area contributed by atoms with Crippen molar-refractivity contribution < 1.29 is 4.79 Å². The quantitative estimate of drug-likeness (QED) is 0.267. The molecule has 25 heavy (non-hydrogen) atoms. The van der Waals surface area contributed by atoms with Crippen LogP contribution in [0.2, 0.25) is 0 Å². The number of hydrogen-bond donors (Lipinski definition) is 3. The standard InChI is InChI=1S/C19H28N4O.HI/c1-4-14(2)22-18(24)16-11-9-15(10-12-16)13-21-19(20-3)23-17-7-5-6-8-17;/h5-6,9-12,14,17H,4,7-8,13H2,1-3H3,(H,22,24)(H2,20,21,23);1H.